The van der Waals surface area contributed by atoms with E-state index in [1.165, 1.54) is 11.8 Å². The smallest absolute Gasteiger partial charge is 0.255 e. The van der Waals surface area contributed by atoms with E-state index in [1.807, 2.05) is 41.9 Å². The number of carbonyl (C=O) groups is 1. The molecule has 0 saturated carbocycles. The Labute approximate surface area is 143 Å². The van der Waals surface area contributed by atoms with Gasteiger partial charge in [-0.1, -0.05) is 6.07 Å². The van der Waals surface area contributed by atoms with Gasteiger partial charge in [0.15, 0.2) is 5.16 Å². The van der Waals surface area contributed by atoms with Gasteiger partial charge in [-0.25, -0.2) is 0 Å². The first kappa shape index (κ1) is 15.8. The van der Waals surface area contributed by atoms with Crippen LogP contribution in [0.25, 0.3) is 0 Å². The minimum Gasteiger partial charge on any atom is -0.322 e. The maximum Gasteiger partial charge on any atom is 0.255 e. The molecule has 0 unspecified atom stereocenters. The first-order valence-electron chi connectivity index (χ1n) is 7.09. The maximum atomic E-state index is 12.2. The van der Waals surface area contributed by atoms with Gasteiger partial charge < -0.3 is 9.88 Å². The zero-order chi connectivity index (χ0) is 16.9. The predicted octanol–water partition coefficient (Wildman–Crippen LogP) is 3.09. The van der Waals surface area contributed by atoms with Crippen LogP contribution >= 0.6 is 11.8 Å². The number of benzene rings is 2. The Kier molecular flexibility index (Phi) is 4.59. The number of amides is 1. The molecule has 0 aliphatic carbocycles. The molecule has 3 aromatic rings. The van der Waals surface area contributed by atoms with E-state index in [9.17, 15) is 4.79 Å². The summed E-state index contributed by atoms with van der Waals surface area (Å²) in [5.74, 6) is -0.249. The summed E-state index contributed by atoms with van der Waals surface area (Å²) in [4.78, 5) is 13.2. The highest BCUT2D eigenvalue weighted by atomic mass is 32.2. The summed E-state index contributed by atoms with van der Waals surface area (Å²) in [6, 6.07) is 16.1. The lowest BCUT2D eigenvalue weighted by molar-refractivity contribution is 0.102. The lowest BCUT2D eigenvalue weighted by atomic mass is 10.1. The summed E-state index contributed by atoms with van der Waals surface area (Å²) in [6.45, 7) is 0. The molecule has 0 atom stereocenters. The molecule has 0 fully saturated rings. The summed E-state index contributed by atoms with van der Waals surface area (Å²) in [6.07, 6.45) is 1.65. The van der Waals surface area contributed by atoms with Gasteiger partial charge in [0.1, 0.15) is 6.33 Å². The molecule has 7 heteroatoms. The lowest BCUT2D eigenvalue weighted by Gasteiger charge is -2.06. The summed E-state index contributed by atoms with van der Waals surface area (Å²) >= 11 is 1.49. The van der Waals surface area contributed by atoms with Crippen molar-refractivity contribution in [2.75, 3.05) is 5.32 Å². The van der Waals surface area contributed by atoms with E-state index in [-0.39, 0.29) is 5.91 Å². The predicted molar refractivity (Wildman–Crippen MR) is 90.7 cm³/mol. The van der Waals surface area contributed by atoms with Crippen LogP contribution < -0.4 is 5.32 Å². The van der Waals surface area contributed by atoms with Crippen LogP contribution in [0.3, 0.4) is 0 Å². The van der Waals surface area contributed by atoms with E-state index in [0.29, 0.717) is 16.8 Å². The third-order valence-electron chi connectivity index (χ3n) is 3.25. The number of aromatic nitrogens is 3. The molecule has 0 aliphatic rings. The van der Waals surface area contributed by atoms with E-state index in [2.05, 4.69) is 15.5 Å². The first-order chi connectivity index (χ1) is 11.7. The maximum absolute atomic E-state index is 12.2. The molecule has 1 heterocycles. The minimum atomic E-state index is -0.249. The minimum absolute atomic E-state index is 0.249. The van der Waals surface area contributed by atoms with Crippen LogP contribution in [0.15, 0.2) is 64.9 Å². The van der Waals surface area contributed by atoms with E-state index < -0.39 is 0 Å². The Morgan fingerprint density at radius 1 is 1.25 bits per heavy atom. The quantitative estimate of drug-likeness (QED) is 0.792. The summed E-state index contributed by atoms with van der Waals surface area (Å²) in [5, 5.41) is 20.4. The fraction of sp³-hybridized carbons (Fsp3) is 0.0588. The molecule has 24 heavy (non-hydrogen) atoms. The number of nitriles is 1. The third-order valence-corrected chi connectivity index (χ3v) is 4.31. The fourth-order valence-electron chi connectivity index (χ4n) is 2.01. The highest BCUT2D eigenvalue weighted by Crippen LogP contribution is 2.26. The van der Waals surface area contributed by atoms with Crippen molar-refractivity contribution in [1.82, 2.24) is 14.8 Å². The van der Waals surface area contributed by atoms with Gasteiger partial charge >= 0.3 is 0 Å². The first-order valence-corrected chi connectivity index (χ1v) is 7.91. The summed E-state index contributed by atoms with van der Waals surface area (Å²) < 4.78 is 1.84. The third kappa shape index (κ3) is 3.62. The van der Waals surface area contributed by atoms with Crippen LogP contribution in [-0.2, 0) is 7.05 Å². The van der Waals surface area contributed by atoms with Crippen LogP contribution in [0.2, 0.25) is 0 Å². The molecular formula is C17H13N5OS. The number of hydrogen-bond acceptors (Lipinski definition) is 5. The van der Waals surface area contributed by atoms with Gasteiger partial charge in [-0.2, -0.15) is 5.26 Å². The number of nitrogens with one attached hydrogen (secondary N) is 1. The van der Waals surface area contributed by atoms with Crippen molar-refractivity contribution in [2.24, 2.45) is 7.05 Å². The number of carbonyl (C=O) groups excluding carboxylic acids is 1. The SMILES string of the molecule is Cn1cnnc1Sc1ccc(NC(=O)c2cccc(C#N)c2)cc1. The molecule has 6 nitrogen and oxygen atoms in total. The molecule has 1 N–H and O–H groups in total. The standard InChI is InChI=1S/C17H13N5OS/c1-22-11-19-21-17(22)24-15-7-5-14(6-8-15)20-16(23)13-4-2-3-12(9-13)10-18/h2-9,11H,1H3,(H,20,23). The van der Waals surface area contributed by atoms with Crippen LogP contribution in [0.5, 0.6) is 0 Å². The molecule has 3 rings (SSSR count). The molecule has 2 aromatic carbocycles. The average Bonchev–Trinajstić information content (AvgIpc) is 3.01. The molecule has 0 spiro atoms. The van der Waals surface area contributed by atoms with Gasteiger partial charge in [-0.15, -0.1) is 10.2 Å². The Morgan fingerprint density at radius 3 is 2.71 bits per heavy atom. The fourth-order valence-corrected chi connectivity index (χ4v) is 2.77. The topological polar surface area (TPSA) is 83.6 Å². The van der Waals surface area contributed by atoms with E-state index in [0.717, 1.165) is 10.1 Å². The number of nitrogens with zero attached hydrogens (tertiary/aromatic N) is 4. The second-order valence-electron chi connectivity index (χ2n) is 5.00. The van der Waals surface area contributed by atoms with Gasteiger partial charge in [0.2, 0.25) is 0 Å². The molecular weight excluding hydrogens is 322 g/mol. The number of aryl methyl sites for hydroxylation is 1. The van der Waals surface area contributed by atoms with Crippen LogP contribution in [0.4, 0.5) is 5.69 Å². The Balaban J connectivity index is 1.68. The average molecular weight is 335 g/mol. The van der Waals surface area contributed by atoms with E-state index in [1.54, 1.807) is 30.6 Å². The van der Waals surface area contributed by atoms with E-state index in [4.69, 9.17) is 5.26 Å². The highest BCUT2D eigenvalue weighted by Gasteiger charge is 2.08. The number of anilines is 1. The number of rotatable bonds is 4. The van der Waals surface area contributed by atoms with Gasteiger partial charge in [-0.3, -0.25) is 4.79 Å². The highest BCUT2D eigenvalue weighted by molar-refractivity contribution is 7.99. The Morgan fingerprint density at radius 2 is 2.04 bits per heavy atom. The monoisotopic (exact) mass is 335 g/mol. The van der Waals surface area contributed by atoms with Crippen molar-refractivity contribution in [3.63, 3.8) is 0 Å². The molecule has 0 bridgehead atoms. The largest absolute Gasteiger partial charge is 0.322 e. The zero-order valence-electron chi connectivity index (χ0n) is 12.8. The molecule has 0 radical (unpaired) electrons. The van der Waals surface area contributed by atoms with Gasteiger partial charge in [0, 0.05) is 23.2 Å². The van der Waals surface area contributed by atoms with Crippen molar-refractivity contribution in [1.29, 1.82) is 5.26 Å². The summed E-state index contributed by atoms with van der Waals surface area (Å²) in [7, 11) is 1.88. The molecule has 118 valence electrons. The van der Waals surface area contributed by atoms with Crippen molar-refractivity contribution in [3.05, 3.63) is 66.0 Å². The molecule has 1 aromatic heterocycles. The van der Waals surface area contributed by atoms with Gasteiger partial charge in [-0.05, 0) is 54.2 Å². The lowest BCUT2D eigenvalue weighted by Crippen LogP contribution is -2.11. The normalized spacial score (nSPS) is 10.2. The molecule has 0 saturated heterocycles. The Hall–Kier alpha value is -3.11. The second kappa shape index (κ2) is 6.98. The van der Waals surface area contributed by atoms with Crippen LogP contribution in [-0.4, -0.2) is 20.7 Å². The second-order valence-corrected chi connectivity index (χ2v) is 6.04. The van der Waals surface area contributed by atoms with Gasteiger partial charge in [0.05, 0.1) is 11.6 Å². The molecule has 0 aliphatic heterocycles. The Bertz CT molecular complexity index is 911. The zero-order valence-corrected chi connectivity index (χ0v) is 13.6. The van der Waals surface area contributed by atoms with Crippen molar-refractivity contribution < 1.29 is 4.79 Å². The van der Waals surface area contributed by atoms with Crippen molar-refractivity contribution >= 4 is 23.4 Å². The van der Waals surface area contributed by atoms with Crippen molar-refractivity contribution in [2.45, 2.75) is 10.1 Å². The van der Waals surface area contributed by atoms with Gasteiger partial charge in [0.25, 0.3) is 5.91 Å². The van der Waals surface area contributed by atoms with Crippen molar-refractivity contribution in [3.8, 4) is 6.07 Å². The molecule has 1 amide bonds. The number of hydrogen-bond donors (Lipinski definition) is 1. The van der Waals surface area contributed by atoms with E-state index >= 15 is 0 Å². The van der Waals surface area contributed by atoms with Crippen LogP contribution in [0, 0.1) is 11.3 Å². The summed E-state index contributed by atoms with van der Waals surface area (Å²) in [5.41, 5.74) is 1.59. The van der Waals surface area contributed by atoms with Crippen LogP contribution in [0.1, 0.15) is 15.9 Å².